The molecule has 0 fully saturated rings. The van der Waals surface area contributed by atoms with Crippen molar-refractivity contribution in [3.63, 3.8) is 0 Å². The molecule has 0 bridgehead atoms. The van der Waals surface area contributed by atoms with Gasteiger partial charge in [-0.25, -0.2) is 4.98 Å². The van der Waals surface area contributed by atoms with Crippen LogP contribution in [0.15, 0.2) is 47.1 Å². The van der Waals surface area contributed by atoms with Crippen molar-refractivity contribution >= 4 is 27.4 Å². The van der Waals surface area contributed by atoms with Gasteiger partial charge in [-0.3, -0.25) is 0 Å². The van der Waals surface area contributed by atoms with Crippen molar-refractivity contribution in [2.75, 3.05) is 11.1 Å². The topological polar surface area (TPSA) is 50.9 Å². The Morgan fingerprint density at radius 1 is 1.24 bits per heavy atom. The Morgan fingerprint density at radius 3 is 2.71 bits per heavy atom. The van der Waals surface area contributed by atoms with Gasteiger partial charge in [0.15, 0.2) is 0 Å². The van der Waals surface area contributed by atoms with E-state index in [1.54, 1.807) is 0 Å². The molecule has 1 aromatic heterocycles. The smallest absolute Gasteiger partial charge is 0.127 e. The van der Waals surface area contributed by atoms with Gasteiger partial charge in [0.1, 0.15) is 10.4 Å². The number of nitrogens with one attached hydrogen (secondary N) is 1. The fourth-order valence-corrected chi connectivity index (χ4v) is 1.97. The van der Waals surface area contributed by atoms with Gasteiger partial charge in [0.2, 0.25) is 0 Å². The number of halogens is 1. The molecule has 1 atom stereocenters. The van der Waals surface area contributed by atoms with E-state index in [-0.39, 0.29) is 6.04 Å². The number of aromatic nitrogens is 1. The molecule has 2 aromatic rings. The fourth-order valence-electron chi connectivity index (χ4n) is 1.62. The lowest BCUT2D eigenvalue weighted by atomic mass is 10.1. The molecule has 0 aliphatic carbocycles. The highest BCUT2D eigenvalue weighted by Gasteiger charge is 2.06. The number of pyridine rings is 1. The Morgan fingerprint density at radius 2 is 2.00 bits per heavy atom. The minimum absolute atomic E-state index is 0.167. The Balaban J connectivity index is 2.14. The second-order valence-electron chi connectivity index (χ2n) is 3.88. The maximum atomic E-state index is 5.76. The molecule has 0 radical (unpaired) electrons. The van der Waals surface area contributed by atoms with Crippen molar-refractivity contribution in [3.05, 3.63) is 52.6 Å². The van der Waals surface area contributed by atoms with E-state index < -0.39 is 0 Å². The zero-order chi connectivity index (χ0) is 12.3. The van der Waals surface area contributed by atoms with Crippen LogP contribution in [0, 0.1) is 0 Å². The van der Waals surface area contributed by atoms with Gasteiger partial charge in [0.05, 0.1) is 6.04 Å². The molecule has 0 saturated heterocycles. The summed E-state index contributed by atoms with van der Waals surface area (Å²) in [6.45, 7) is 2.08. The van der Waals surface area contributed by atoms with Gasteiger partial charge in [-0.15, -0.1) is 0 Å². The summed E-state index contributed by atoms with van der Waals surface area (Å²) < 4.78 is 0.822. The first-order chi connectivity index (χ1) is 8.15. The zero-order valence-electron chi connectivity index (χ0n) is 9.52. The van der Waals surface area contributed by atoms with Crippen molar-refractivity contribution in [2.45, 2.75) is 13.0 Å². The van der Waals surface area contributed by atoms with Crippen LogP contribution in [-0.2, 0) is 0 Å². The first kappa shape index (κ1) is 11.9. The van der Waals surface area contributed by atoms with E-state index in [1.807, 2.05) is 42.5 Å². The molecule has 0 saturated carbocycles. The van der Waals surface area contributed by atoms with Gasteiger partial charge in [-0.1, -0.05) is 18.2 Å². The molecule has 4 heteroatoms. The van der Waals surface area contributed by atoms with Gasteiger partial charge in [-0.2, -0.15) is 0 Å². The predicted molar refractivity (Wildman–Crippen MR) is 74.8 cm³/mol. The summed E-state index contributed by atoms with van der Waals surface area (Å²) >= 11 is 3.35. The largest absolute Gasteiger partial charge is 0.399 e. The second-order valence-corrected chi connectivity index (χ2v) is 4.69. The fraction of sp³-hybridized carbons (Fsp3) is 0.154. The van der Waals surface area contributed by atoms with E-state index in [1.165, 1.54) is 0 Å². The van der Waals surface area contributed by atoms with Gasteiger partial charge in [-0.05, 0) is 52.7 Å². The van der Waals surface area contributed by atoms with Crippen LogP contribution < -0.4 is 11.1 Å². The third kappa shape index (κ3) is 3.20. The Labute approximate surface area is 109 Å². The van der Waals surface area contributed by atoms with E-state index in [0.29, 0.717) is 0 Å². The normalized spacial score (nSPS) is 12.1. The highest BCUT2D eigenvalue weighted by Crippen LogP contribution is 2.20. The number of nitrogens with two attached hydrogens (primary N) is 1. The molecular weight excluding hydrogens is 278 g/mol. The molecule has 0 unspecified atom stereocenters. The molecule has 0 aliphatic rings. The zero-order valence-corrected chi connectivity index (χ0v) is 11.1. The minimum Gasteiger partial charge on any atom is -0.399 e. The molecular formula is C13H14BrN3. The maximum Gasteiger partial charge on any atom is 0.127 e. The van der Waals surface area contributed by atoms with E-state index >= 15 is 0 Å². The Hall–Kier alpha value is -1.55. The van der Waals surface area contributed by atoms with Crippen molar-refractivity contribution in [1.29, 1.82) is 0 Å². The first-order valence-corrected chi connectivity index (χ1v) is 6.19. The van der Waals surface area contributed by atoms with Gasteiger partial charge in [0.25, 0.3) is 0 Å². The van der Waals surface area contributed by atoms with Crippen molar-refractivity contribution in [2.24, 2.45) is 0 Å². The molecule has 17 heavy (non-hydrogen) atoms. The van der Waals surface area contributed by atoms with Gasteiger partial charge in [0, 0.05) is 5.69 Å². The summed E-state index contributed by atoms with van der Waals surface area (Å²) in [5.41, 5.74) is 7.68. The average molecular weight is 292 g/mol. The SMILES string of the molecule is C[C@H](Nc1cccc(Br)n1)c1cccc(N)c1. The lowest BCUT2D eigenvalue weighted by Crippen LogP contribution is -2.08. The number of hydrogen-bond donors (Lipinski definition) is 2. The Bertz CT molecular complexity index is 514. The summed E-state index contributed by atoms with van der Waals surface area (Å²) in [5.74, 6) is 0.842. The van der Waals surface area contributed by atoms with Crippen LogP contribution >= 0.6 is 15.9 Å². The summed E-state index contributed by atoms with van der Waals surface area (Å²) in [7, 11) is 0. The lowest BCUT2D eigenvalue weighted by molar-refractivity contribution is 0.874. The molecule has 1 aromatic carbocycles. The summed E-state index contributed by atoms with van der Waals surface area (Å²) in [6.07, 6.45) is 0. The number of hydrogen-bond acceptors (Lipinski definition) is 3. The van der Waals surface area contributed by atoms with Crippen LogP contribution in [0.1, 0.15) is 18.5 Å². The number of nitrogen functional groups attached to an aromatic ring is 1. The van der Waals surface area contributed by atoms with Crippen LogP contribution in [0.25, 0.3) is 0 Å². The summed E-state index contributed by atoms with van der Waals surface area (Å²) in [4.78, 5) is 4.34. The monoisotopic (exact) mass is 291 g/mol. The van der Waals surface area contributed by atoms with Crippen LogP contribution in [0.2, 0.25) is 0 Å². The number of anilines is 2. The third-order valence-corrected chi connectivity index (χ3v) is 2.93. The summed E-state index contributed by atoms with van der Waals surface area (Å²) in [5, 5.41) is 3.33. The van der Waals surface area contributed by atoms with Crippen LogP contribution in [0.3, 0.4) is 0 Å². The van der Waals surface area contributed by atoms with Crippen molar-refractivity contribution in [3.8, 4) is 0 Å². The molecule has 1 heterocycles. The second kappa shape index (κ2) is 5.19. The standard InChI is InChI=1S/C13H14BrN3/c1-9(10-4-2-5-11(15)8-10)16-13-7-3-6-12(14)17-13/h2-9H,15H2,1H3,(H,16,17)/t9-/m0/s1. The molecule has 0 amide bonds. The highest BCUT2D eigenvalue weighted by atomic mass is 79.9. The van der Waals surface area contributed by atoms with Crippen LogP contribution in [0.4, 0.5) is 11.5 Å². The van der Waals surface area contributed by atoms with E-state index in [0.717, 1.165) is 21.7 Å². The molecule has 2 rings (SSSR count). The molecule has 3 N–H and O–H groups in total. The highest BCUT2D eigenvalue weighted by molar-refractivity contribution is 9.10. The number of benzene rings is 1. The summed E-state index contributed by atoms with van der Waals surface area (Å²) in [6, 6.07) is 13.8. The lowest BCUT2D eigenvalue weighted by Gasteiger charge is -2.15. The third-order valence-electron chi connectivity index (χ3n) is 2.49. The predicted octanol–water partition coefficient (Wildman–Crippen LogP) is 3.60. The van der Waals surface area contributed by atoms with E-state index in [9.17, 15) is 0 Å². The van der Waals surface area contributed by atoms with Crippen molar-refractivity contribution in [1.82, 2.24) is 4.98 Å². The number of nitrogens with zero attached hydrogens (tertiary/aromatic N) is 1. The molecule has 0 spiro atoms. The number of rotatable bonds is 3. The van der Waals surface area contributed by atoms with Crippen LogP contribution in [0.5, 0.6) is 0 Å². The average Bonchev–Trinajstić information content (AvgIpc) is 2.29. The molecule has 88 valence electrons. The van der Waals surface area contributed by atoms with Crippen molar-refractivity contribution < 1.29 is 0 Å². The van der Waals surface area contributed by atoms with Crippen LogP contribution in [-0.4, -0.2) is 4.98 Å². The maximum absolute atomic E-state index is 5.76. The molecule has 3 nitrogen and oxygen atoms in total. The van der Waals surface area contributed by atoms with E-state index in [4.69, 9.17) is 5.73 Å². The minimum atomic E-state index is 0.167. The quantitative estimate of drug-likeness (QED) is 0.671. The van der Waals surface area contributed by atoms with Gasteiger partial charge < -0.3 is 11.1 Å². The van der Waals surface area contributed by atoms with Gasteiger partial charge >= 0.3 is 0 Å². The molecule has 0 aliphatic heterocycles. The Kier molecular flexibility index (Phi) is 3.64. The first-order valence-electron chi connectivity index (χ1n) is 5.39. The van der Waals surface area contributed by atoms with E-state index in [2.05, 4.69) is 33.2 Å².